The van der Waals surface area contributed by atoms with Crippen molar-refractivity contribution in [2.24, 2.45) is 0 Å². The Kier molecular flexibility index (Phi) is 6.93. The second-order valence-electron chi connectivity index (χ2n) is 9.71. The molecular weight excluding hydrogens is 430 g/mol. The summed E-state index contributed by atoms with van der Waals surface area (Å²) in [5, 5.41) is 7.29. The highest BCUT2D eigenvalue weighted by Gasteiger charge is 2.20. The molecule has 34 heavy (non-hydrogen) atoms. The van der Waals surface area contributed by atoms with Crippen molar-refractivity contribution < 1.29 is 13.9 Å². The Morgan fingerprint density at radius 1 is 1.15 bits per heavy atom. The van der Waals surface area contributed by atoms with Crippen molar-refractivity contribution in [2.45, 2.75) is 39.7 Å². The monoisotopic (exact) mass is 463 g/mol. The lowest BCUT2D eigenvalue weighted by Crippen LogP contribution is -2.43. The van der Waals surface area contributed by atoms with Gasteiger partial charge in [-0.15, -0.1) is 0 Å². The van der Waals surface area contributed by atoms with E-state index in [-0.39, 0.29) is 11.4 Å². The van der Waals surface area contributed by atoms with E-state index in [0.29, 0.717) is 35.4 Å². The van der Waals surface area contributed by atoms with Crippen molar-refractivity contribution in [3.05, 3.63) is 69.4 Å². The standard InChI is InChI=1S/C27H33N3O4/c1-18-15-19(9-10-29-22-8-6-5-7-20(22)26(32)34-27(2,3)4)25-21(16-18)23(31)17-24(33-25)30-13-11-28-12-14-30/h5-8,15-17,28-29H,9-14H2,1-4H3. The van der Waals surface area contributed by atoms with E-state index in [0.717, 1.165) is 43.0 Å². The van der Waals surface area contributed by atoms with Gasteiger partial charge < -0.3 is 24.7 Å². The number of hydrogen-bond donors (Lipinski definition) is 2. The van der Waals surface area contributed by atoms with Crippen LogP contribution in [-0.4, -0.2) is 44.3 Å². The number of piperazine rings is 1. The molecule has 1 aliphatic heterocycles. The maximum Gasteiger partial charge on any atom is 0.340 e. The summed E-state index contributed by atoms with van der Waals surface area (Å²) in [5.74, 6) is 0.260. The van der Waals surface area contributed by atoms with Gasteiger partial charge in [0.15, 0.2) is 11.3 Å². The van der Waals surface area contributed by atoms with E-state index < -0.39 is 5.60 Å². The van der Waals surface area contributed by atoms with Crippen LogP contribution >= 0.6 is 0 Å². The van der Waals surface area contributed by atoms with Crippen LogP contribution in [0.4, 0.5) is 11.6 Å². The number of carbonyl (C=O) groups excluding carboxylic acids is 1. The molecule has 0 aliphatic carbocycles. The van der Waals surface area contributed by atoms with Gasteiger partial charge >= 0.3 is 5.97 Å². The summed E-state index contributed by atoms with van der Waals surface area (Å²) in [6.45, 7) is 11.5. The molecule has 1 fully saturated rings. The number of aryl methyl sites for hydroxylation is 1. The fourth-order valence-corrected chi connectivity index (χ4v) is 4.18. The average molecular weight is 464 g/mol. The molecule has 3 aromatic rings. The number of anilines is 2. The minimum absolute atomic E-state index is 0.0250. The molecule has 0 saturated carbocycles. The smallest absolute Gasteiger partial charge is 0.340 e. The second kappa shape index (κ2) is 9.89. The van der Waals surface area contributed by atoms with Gasteiger partial charge in [-0.25, -0.2) is 4.79 Å². The van der Waals surface area contributed by atoms with Gasteiger partial charge in [0.1, 0.15) is 11.2 Å². The molecule has 7 heteroatoms. The molecular formula is C27H33N3O4. The Morgan fingerprint density at radius 3 is 2.62 bits per heavy atom. The van der Waals surface area contributed by atoms with Crippen LogP contribution in [0.15, 0.2) is 51.7 Å². The fourth-order valence-electron chi connectivity index (χ4n) is 4.18. The van der Waals surface area contributed by atoms with Gasteiger partial charge in [-0.05, 0) is 63.4 Å². The molecule has 2 aromatic carbocycles. The molecule has 7 nitrogen and oxygen atoms in total. The first-order chi connectivity index (χ1) is 16.2. The Bertz CT molecular complexity index is 1240. The van der Waals surface area contributed by atoms with Crippen molar-refractivity contribution in [1.29, 1.82) is 0 Å². The van der Waals surface area contributed by atoms with Crippen LogP contribution in [0.2, 0.25) is 0 Å². The zero-order chi connectivity index (χ0) is 24.3. The third-order valence-corrected chi connectivity index (χ3v) is 5.72. The topological polar surface area (TPSA) is 83.8 Å². The second-order valence-corrected chi connectivity index (χ2v) is 9.71. The predicted octanol–water partition coefficient (Wildman–Crippen LogP) is 4.12. The highest BCUT2D eigenvalue weighted by Crippen LogP contribution is 2.25. The maximum atomic E-state index is 12.9. The number of rotatable bonds is 6. The van der Waals surface area contributed by atoms with E-state index in [2.05, 4.69) is 21.6 Å². The molecule has 1 aliphatic rings. The minimum atomic E-state index is -0.565. The third-order valence-electron chi connectivity index (χ3n) is 5.72. The van der Waals surface area contributed by atoms with Crippen molar-refractivity contribution in [3.8, 4) is 0 Å². The summed E-state index contributed by atoms with van der Waals surface area (Å²) in [4.78, 5) is 27.7. The largest absolute Gasteiger partial charge is 0.456 e. The van der Waals surface area contributed by atoms with Gasteiger partial charge in [-0.3, -0.25) is 4.79 Å². The number of para-hydroxylation sites is 1. The molecule has 180 valence electrons. The van der Waals surface area contributed by atoms with Gasteiger partial charge in [0, 0.05) is 44.5 Å². The Morgan fingerprint density at radius 2 is 1.88 bits per heavy atom. The van der Waals surface area contributed by atoms with Gasteiger partial charge in [0.25, 0.3) is 0 Å². The lowest BCUT2D eigenvalue weighted by Gasteiger charge is -2.28. The van der Waals surface area contributed by atoms with Crippen LogP contribution in [0.25, 0.3) is 11.0 Å². The van der Waals surface area contributed by atoms with E-state index in [1.54, 1.807) is 12.1 Å². The van der Waals surface area contributed by atoms with Crippen LogP contribution in [0, 0.1) is 6.92 Å². The molecule has 2 heterocycles. The quantitative estimate of drug-likeness (QED) is 0.532. The molecule has 0 radical (unpaired) electrons. The van der Waals surface area contributed by atoms with Crippen LogP contribution in [0.5, 0.6) is 0 Å². The highest BCUT2D eigenvalue weighted by atomic mass is 16.6. The van der Waals surface area contributed by atoms with E-state index in [1.165, 1.54) is 0 Å². The van der Waals surface area contributed by atoms with Gasteiger partial charge in [-0.1, -0.05) is 18.2 Å². The van der Waals surface area contributed by atoms with Crippen molar-refractivity contribution in [3.63, 3.8) is 0 Å². The first kappa shape index (κ1) is 23.8. The summed E-state index contributed by atoms with van der Waals surface area (Å²) in [5.41, 5.74) is 3.24. The van der Waals surface area contributed by atoms with Crippen LogP contribution in [0.3, 0.4) is 0 Å². The molecule has 1 saturated heterocycles. The normalized spacial score (nSPS) is 14.3. The summed E-state index contributed by atoms with van der Waals surface area (Å²) < 4.78 is 11.8. The van der Waals surface area contributed by atoms with Crippen LogP contribution in [0.1, 0.15) is 42.3 Å². The summed E-state index contributed by atoms with van der Waals surface area (Å²) >= 11 is 0. The zero-order valence-corrected chi connectivity index (χ0v) is 20.4. The number of fused-ring (bicyclic) bond motifs is 1. The lowest BCUT2D eigenvalue weighted by molar-refractivity contribution is 0.00706. The number of nitrogens with zero attached hydrogens (tertiary/aromatic N) is 1. The molecule has 0 amide bonds. The molecule has 0 bridgehead atoms. The molecule has 0 atom stereocenters. The van der Waals surface area contributed by atoms with E-state index in [4.69, 9.17) is 9.15 Å². The third kappa shape index (κ3) is 5.59. The predicted molar refractivity (Wildman–Crippen MR) is 136 cm³/mol. The van der Waals surface area contributed by atoms with Gasteiger partial charge in [0.05, 0.1) is 10.9 Å². The van der Waals surface area contributed by atoms with Crippen molar-refractivity contribution in [1.82, 2.24) is 5.32 Å². The SMILES string of the molecule is Cc1cc(CCNc2ccccc2C(=O)OC(C)(C)C)c2oc(N3CCNCC3)cc(=O)c2c1. The van der Waals surface area contributed by atoms with Gasteiger partial charge in [0.2, 0.25) is 0 Å². The van der Waals surface area contributed by atoms with E-state index >= 15 is 0 Å². The molecule has 2 N–H and O–H groups in total. The summed E-state index contributed by atoms with van der Waals surface area (Å²) in [7, 11) is 0. The van der Waals surface area contributed by atoms with Crippen LogP contribution in [-0.2, 0) is 11.2 Å². The molecule has 0 spiro atoms. The summed E-state index contributed by atoms with van der Waals surface area (Å²) in [6.07, 6.45) is 0.634. The minimum Gasteiger partial charge on any atom is -0.456 e. The first-order valence-corrected chi connectivity index (χ1v) is 11.8. The highest BCUT2D eigenvalue weighted by molar-refractivity contribution is 5.95. The van der Waals surface area contributed by atoms with Crippen molar-refractivity contribution >= 4 is 28.5 Å². The number of esters is 1. The number of hydrogen-bond acceptors (Lipinski definition) is 7. The Labute approximate surface area is 200 Å². The summed E-state index contributed by atoms with van der Waals surface area (Å²) in [6, 6.07) is 12.9. The molecule has 1 aromatic heterocycles. The van der Waals surface area contributed by atoms with E-state index in [1.807, 2.05) is 52.0 Å². The number of benzene rings is 2. The van der Waals surface area contributed by atoms with Gasteiger partial charge in [-0.2, -0.15) is 0 Å². The molecule has 0 unspecified atom stereocenters. The number of nitrogens with one attached hydrogen (secondary N) is 2. The van der Waals surface area contributed by atoms with E-state index in [9.17, 15) is 9.59 Å². The maximum absolute atomic E-state index is 12.9. The van der Waals surface area contributed by atoms with Crippen molar-refractivity contribution in [2.75, 3.05) is 42.9 Å². The Hall–Kier alpha value is -3.32. The average Bonchev–Trinajstić information content (AvgIpc) is 2.79. The number of ether oxygens (including phenoxy) is 1. The lowest BCUT2D eigenvalue weighted by atomic mass is 10.0. The van der Waals surface area contributed by atoms with Crippen LogP contribution < -0.4 is 21.0 Å². The molecule has 4 rings (SSSR count). The number of carbonyl (C=O) groups is 1. The first-order valence-electron chi connectivity index (χ1n) is 11.8. The fraction of sp³-hybridized carbons (Fsp3) is 0.407. The zero-order valence-electron chi connectivity index (χ0n) is 20.4. The Balaban J connectivity index is 1.57.